The molecule has 5 heteroatoms. The zero-order valence-corrected chi connectivity index (χ0v) is 14.2. The molecule has 0 radical (unpaired) electrons. The molecule has 0 aliphatic carbocycles. The summed E-state index contributed by atoms with van der Waals surface area (Å²) in [5.41, 5.74) is 3.04. The summed E-state index contributed by atoms with van der Waals surface area (Å²) in [4.78, 5) is 4.38. The molecule has 2 aromatic rings. The average molecular weight is 314 g/mol. The SMILES string of the molecule is Cc1ccc(Nc2ccc(NC(=S)NC(C)(C)C)cn2)cc1. The molecule has 2 rings (SSSR count). The Kier molecular flexibility index (Phi) is 4.98. The van der Waals surface area contributed by atoms with E-state index in [1.165, 1.54) is 5.56 Å². The van der Waals surface area contributed by atoms with E-state index in [4.69, 9.17) is 12.2 Å². The summed E-state index contributed by atoms with van der Waals surface area (Å²) in [7, 11) is 0. The van der Waals surface area contributed by atoms with Crippen molar-refractivity contribution >= 4 is 34.5 Å². The molecular formula is C17H22N4S. The van der Waals surface area contributed by atoms with Crippen molar-refractivity contribution in [3.8, 4) is 0 Å². The summed E-state index contributed by atoms with van der Waals surface area (Å²) in [6, 6.07) is 12.1. The van der Waals surface area contributed by atoms with E-state index in [-0.39, 0.29) is 5.54 Å². The van der Waals surface area contributed by atoms with Gasteiger partial charge in [-0.2, -0.15) is 0 Å². The van der Waals surface area contributed by atoms with Gasteiger partial charge in [0.15, 0.2) is 5.11 Å². The smallest absolute Gasteiger partial charge is 0.171 e. The molecule has 1 heterocycles. The molecule has 0 aliphatic heterocycles. The van der Waals surface area contributed by atoms with Crippen molar-refractivity contribution < 1.29 is 0 Å². The molecular weight excluding hydrogens is 292 g/mol. The first kappa shape index (κ1) is 16.2. The van der Waals surface area contributed by atoms with Crippen molar-refractivity contribution in [3.05, 3.63) is 48.2 Å². The summed E-state index contributed by atoms with van der Waals surface area (Å²) in [6.07, 6.45) is 1.76. The van der Waals surface area contributed by atoms with Gasteiger partial charge in [0.1, 0.15) is 5.82 Å². The zero-order valence-electron chi connectivity index (χ0n) is 13.4. The second kappa shape index (κ2) is 6.75. The van der Waals surface area contributed by atoms with Crippen LogP contribution < -0.4 is 16.0 Å². The Morgan fingerprint density at radius 3 is 2.18 bits per heavy atom. The van der Waals surface area contributed by atoms with Crippen LogP contribution in [-0.2, 0) is 0 Å². The molecule has 22 heavy (non-hydrogen) atoms. The Balaban J connectivity index is 1.95. The van der Waals surface area contributed by atoms with Gasteiger partial charge in [0.25, 0.3) is 0 Å². The third-order valence-electron chi connectivity index (χ3n) is 2.83. The number of pyridine rings is 1. The highest BCUT2D eigenvalue weighted by atomic mass is 32.1. The minimum Gasteiger partial charge on any atom is -0.358 e. The van der Waals surface area contributed by atoms with Gasteiger partial charge in [0.2, 0.25) is 0 Å². The third-order valence-corrected chi connectivity index (χ3v) is 3.04. The standard InChI is InChI=1S/C17H22N4S/c1-12-5-7-13(8-6-12)19-15-10-9-14(11-18-15)20-16(22)21-17(2,3)4/h5-11H,1-4H3,(H,18,19)(H2,20,21,22). The number of nitrogens with zero attached hydrogens (tertiary/aromatic N) is 1. The maximum absolute atomic E-state index is 5.27. The number of aromatic nitrogens is 1. The molecule has 0 amide bonds. The van der Waals surface area contributed by atoms with Gasteiger partial charge in [-0.3, -0.25) is 0 Å². The lowest BCUT2D eigenvalue weighted by Crippen LogP contribution is -2.42. The molecule has 1 aromatic carbocycles. The van der Waals surface area contributed by atoms with Crippen LogP contribution in [0.15, 0.2) is 42.6 Å². The molecule has 0 spiro atoms. The first-order valence-electron chi connectivity index (χ1n) is 7.21. The fourth-order valence-electron chi connectivity index (χ4n) is 1.83. The van der Waals surface area contributed by atoms with Crippen LogP contribution >= 0.6 is 12.2 Å². The molecule has 3 N–H and O–H groups in total. The Labute approximate surface area is 137 Å². The van der Waals surface area contributed by atoms with E-state index in [9.17, 15) is 0 Å². The number of benzene rings is 1. The van der Waals surface area contributed by atoms with Crippen LogP contribution in [0.2, 0.25) is 0 Å². The summed E-state index contributed by atoms with van der Waals surface area (Å²) in [5.74, 6) is 0.795. The Morgan fingerprint density at radius 2 is 1.64 bits per heavy atom. The molecule has 116 valence electrons. The van der Waals surface area contributed by atoms with E-state index in [1.54, 1.807) is 6.20 Å². The average Bonchev–Trinajstić information content (AvgIpc) is 2.41. The topological polar surface area (TPSA) is 49.0 Å². The van der Waals surface area contributed by atoms with Crippen molar-refractivity contribution in [2.24, 2.45) is 0 Å². The number of aryl methyl sites for hydroxylation is 1. The minimum absolute atomic E-state index is 0.0650. The number of anilines is 3. The fourth-order valence-corrected chi connectivity index (χ4v) is 2.25. The second-order valence-electron chi connectivity index (χ2n) is 6.25. The van der Waals surface area contributed by atoms with Crippen LogP contribution in [0.3, 0.4) is 0 Å². The van der Waals surface area contributed by atoms with E-state index in [1.807, 2.05) is 24.3 Å². The normalized spacial score (nSPS) is 10.9. The summed E-state index contributed by atoms with van der Waals surface area (Å²) in [6.45, 7) is 8.26. The molecule has 0 atom stereocenters. The third kappa shape index (κ3) is 5.33. The van der Waals surface area contributed by atoms with Crippen molar-refractivity contribution in [1.82, 2.24) is 10.3 Å². The highest BCUT2D eigenvalue weighted by Gasteiger charge is 2.10. The van der Waals surface area contributed by atoms with E-state index >= 15 is 0 Å². The first-order valence-corrected chi connectivity index (χ1v) is 7.61. The summed E-state index contributed by atoms with van der Waals surface area (Å²) >= 11 is 5.27. The molecule has 0 saturated carbocycles. The van der Waals surface area contributed by atoms with Crippen molar-refractivity contribution in [2.75, 3.05) is 10.6 Å². The first-order chi connectivity index (χ1) is 10.3. The maximum atomic E-state index is 5.27. The molecule has 0 saturated heterocycles. The van der Waals surface area contributed by atoms with Crippen molar-refractivity contribution in [3.63, 3.8) is 0 Å². The Hall–Kier alpha value is -2.14. The molecule has 0 fully saturated rings. The molecule has 0 unspecified atom stereocenters. The van der Waals surface area contributed by atoms with Gasteiger partial charge in [-0.1, -0.05) is 17.7 Å². The van der Waals surface area contributed by atoms with Gasteiger partial charge in [-0.25, -0.2) is 4.98 Å². The minimum atomic E-state index is -0.0650. The molecule has 0 bridgehead atoms. The lowest BCUT2D eigenvalue weighted by atomic mass is 10.1. The predicted octanol–water partition coefficient (Wildman–Crippen LogP) is 4.22. The zero-order chi connectivity index (χ0) is 16.2. The highest BCUT2D eigenvalue weighted by molar-refractivity contribution is 7.80. The highest BCUT2D eigenvalue weighted by Crippen LogP contribution is 2.16. The number of rotatable bonds is 3. The summed E-state index contributed by atoms with van der Waals surface area (Å²) < 4.78 is 0. The quantitative estimate of drug-likeness (QED) is 0.741. The molecule has 1 aromatic heterocycles. The Bertz CT molecular complexity index is 627. The van der Waals surface area contributed by atoms with Crippen LogP contribution in [0.4, 0.5) is 17.2 Å². The summed E-state index contributed by atoms with van der Waals surface area (Å²) in [5, 5.41) is 10.2. The monoisotopic (exact) mass is 314 g/mol. The lowest BCUT2D eigenvalue weighted by Gasteiger charge is -2.23. The van der Waals surface area contributed by atoms with Crippen molar-refractivity contribution in [2.45, 2.75) is 33.2 Å². The number of hydrogen-bond acceptors (Lipinski definition) is 3. The van der Waals surface area contributed by atoms with Crippen LogP contribution in [-0.4, -0.2) is 15.6 Å². The number of thiocarbonyl (C=S) groups is 1. The van der Waals surface area contributed by atoms with Crippen LogP contribution in [0.25, 0.3) is 0 Å². The van der Waals surface area contributed by atoms with Gasteiger partial charge in [0, 0.05) is 11.2 Å². The van der Waals surface area contributed by atoms with E-state index in [2.05, 4.69) is 60.8 Å². The van der Waals surface area contributed by atoms with Crippen LogP contribution in [0, 0.1) is 6.92 Å². The van der Waals surface area contributed by atoms with Gasteiger partial charge < -0.3 is 16.0 Å². The second-order valence-corrected chi connectivity index (χ2v) is 6.66. The van der Waals surface area contributed by atoms with Gasteiger partial charge in [-0.15, -0.1) is 0 Å². The van der Waals surface area contributed by atoms with Gasteiger partial charge in [0.05, 0.1) is 11.9 Å². The van der Waals surface area contributed by atoms with E-state index in [0.29, 0.717) is 5.11 Å². The van der Waals surface area contributed by atoms with E-state index < -0.39 is 0 Å². The predicted molar refractivity (Wildman–Crippen MR) is 97.8 cm³/mol. The fraction of sp³-hybridized carbons (Fsp3) is 0.294. The largest absolute Gasteiger partial charge is 0.358 e. The number of nitrogens with one attached hydrogen (secondary N) is 3. The van der Waals surface area contributed by atoms with Crippen LogP contribution in [0.5, 0.6) is 0 Å². The molecule has 4 nitrogen and oxygen atoms in total. The van der Waals surface area contributed by atoms with Crippen LogP contribution in [0.1, 0.15) is 26.3 Å². The lowest BCUT2D eigenvalue weighted by molar-refractivity contribution is 0.515. The van der Waals surface area contributed by atoms with E-state index in [0.717, 1.165) is 17.2 Å². The van der Waals surface area contributed by atoms with Gasteiger partial charge in [-0.05, 0) is 64.2 Å². The molecule has 0 aliphatic rings. The van der Waals surface area contributed by atoms with Crippen molar-refractivity contribution in [1.29, 1.82) is 0 Å². The van der Waals surface area contributed by atoms with Gasteiger partial charge >= 0.3 is 0 Å². The number of hydrogen-bond donors (Lipinski definition) is 3. The maximum Gasteiger partial charge on any atom is 0.171 e. The Morgan fingerprint density at radius 1 is 1.00 bits per heavy atom.